The van der Waals surface area contributed by atoms with Crippen LogP contribution in [0, 0.1) is 0 Å². The third-order valence-electron chi connectivity index (χ3n) is 6.87. The Hall–Kier alpha value is -4.12. The van der Waals surface area contributed by atoms with Crippen LogP contribution in [0.1, 0.15) is 26.7 Å². The smallest absolute Gasteiger partial charge is 0.247 e. The number of aryl methyl sites for hydroxylation is 1. The van der Waals surface area contributed by atoms with Crippen LogP contribution in [0.3, 0.4) is 0 Å². The molecule has 0 spiro atoms. The van der Waals surface area contributed by atoms with Gasteiger partial charge in [-0.15, -0.1) is 0 Å². The molecule has 0 aliphatic carbocycles. The van der Waals surface area contributed by atoms with E-state index in [0.717, 1.165) is 55.7 Å². The zero-order chi connectivity index (χ0) is 31.5. The van der Waals surface area contributed by atoms with E-state index in [9.17, 15) is 4.79 Å². The highest BCUT2D eigenvalue weighted by atomic mass is 35.5. The molecule has 44 heavy (non-hydrogen) atoms. The molecule has 0 unspecified atom stereocenters. The predicted molar refractivity (Wildman–Crippen MR) is 177 cm³/mol. The number of hydrogen-bond donors (Lipinski definition) is 2. The molecule has 0 radical (unpaired) electrons. The van der Waals surface area contributed by atoms with E-state index in [1.807, 2.05) is 42.1 Å². The van der Waals surface area contributed by atoms with E-state index >= 15 is 0 Å². The molecule has 0 saturated carbocycles. The molecule has 0 bridgehead atoms. The van der Waals surface area contributed by atoms with Gasteiger partial charge >= 0.3 is 0 Å². The number of methoxy groups -OCH3 is 1. The van der Waals surface area contributed by atoms with Gasteiger partial charge in [0.15, 0.2) is 0 Å². The number of para-hydroxylation sites is 1. The molecule has 5 rings (SSSR count). The lowest BCUT2D eigenvalue weighted by Crippen LogP contribution is -2.37. The molecule has 234 valence electrons. The predicted octanol–water partition coefficient (Wildman–Crippen LogP) is 6.68. The minimum Gasteiger partial charge on any atom is -0.494 e. The number of hydrogen-bond acceptors (Lipinski definition) is 8. The van der Waals surface area contributed by atoms with Gasteiger partial charge in [0.25, 0.3) is 0 Å². The maximum Gasteiger partial charge on any atom is 0.247 e. The number of amides is 1. The van der Waals surface area contributed by atoms with E-state index in [0.29, 0.717) is 46.1 Å². The van der Waals surface area contributed by atoms with Crippen molar-refractivity contribution >= 4 is 45.7 Å². The molecular weight excluding hydrogens is 580 g/mol. The summed E-state index contributed by atoms with van der Waals surface area (Å²) >= 11 is 6.56. The maximum absolute atomic E-state index is 12.2. The molecule has 1 aliphatic rings. The van der Waals surface area contributed by atoms with Gasteiger partial charge in [-0.05, 0) is 24.6 Å². The number of carbonyl (C=O) groups is 1. The second-order valence-corrected chi connectivity index (χ2v) is 10.7. The molecule has 4 aromatic rings. The van der Waals surface area contributed by atoms with Crippen molar-refractivity contribution in [1.82, 2.24) is 19.4 Å². The van der Waals surface area contributed by atoms with Gasteiger partial charge in [0.2, 0.25) is 11.9 Å². The second kappa shape index (κ2) is 16.1. The van der Waals surface area contributed by atoms with Gasteiger partial charge in [-0.2, -0.15) is 0 Å². The van der Waals surface area contributed by atoms with Crippen LogP contribution in [0.2, 0.25) is 5.02 Å². The minimum absolute atomic E-state index is 0.316. The number of anilines is 3. The number of morpholine rings is 1. The molecule has 2 N–H and O–H groups in total. The first-order valence-electron chi connectivity index (χ1n) is 14.8. The Morgan fingerprint density at radius 1 is 1.16 bits per heavy atom. The average Bonchev–Trinajstić information content (AvgIpc) is 3.37. The molecular formula is C33H41ClN6O4. The summed E-state index contributed by atoms with van der Waals surface area (Å²) in [5.41, 5.74) is 3.56. The van der Waals surface area contributed by atoms with E-state index in [-0.39, 0.29) is 5.91 Å². The van der Waals surface area contributed by atoms with Crippen molar-refractivity contribution in [2.24, 2.45) is 7.05 Å². The van der Waals surface area contributed by atoms with Crippen molar-refractivity contribution in [2.45, 2.75) is 26.7 Å². The molecule has 2 aromatic carbocycles. The number of ether oxygens (including phenoxy) is 3. The van der Waals surface area contributed by atoms with Crippen LogP contribution >= 0.6 is 11.6 Å². The molecule has 1 fully saturated rings. The lowest BCUT2D eigenvalue weighted by molar-refractivity contribution is -0.111. The van der Waals surface area contributed by atoms with Crippen LogP contribution in [-0.2, 0) is 16.6 Å². The SMILES string of the molecule is C=CC(=O)Nc1cc(Nc2ncc(Cl)c(-c3cn(C)c4ccccc34)n2)c(OC)cc1OCCCN1CCOCC1.CCC. The van der Waals surface area contributed by atoms with Crippen molar-refractivity contribution in [3.05, 3.63) is 66.5 Å². The molecule has 11 heteroatoms. The summed E-state index contributed by atoms with van der Waals surface area (Å²) in [7, 11) is 3.55. The van der Waals surface area contributed by atoms with Crippen LogP contribution < -0.4 is 20.1 Å². The highest BCUT2D eigenvalue weighted by Gasteiger charge is 2.18. The van der Waals surface area contributed by atoms with E-state index in [1.165, 1.54) is 12.5 Å². The van der Waals surface area contributed by atoms with Crippen LogP contribution in [0.15, 0.2) is 61.4 Å². The van der Waals surface area contributed by atoms with E-state index in [1.54, 1.807) is 25.4 Å². The Labute approximate surface area is 264 Å². The monoisotopic (exact) mass is 620 g/mol. The van der Waals surface area contributed by atoms with Gasteiger partial charge in [-0.25, -0.2) is 9.97 Å². The quantitative estimate of drug-likeness (QED) is 0.141. The van der Waals surface area contributed by atoms with Gasteiger partial charge < -0.3 is 29.4 Å². The Bertz CT molecular complexity index is 1570. The summed E-state index contributed by atoms with van der Waals surface area (Å²) in [5.74, 6) is 0.934. The number of aromatic nitrogens is 3. The van der Waals surface area contributed by atoms with Gasteiger partial charge in [-0.3, -0.25) is 9.69 Å². The lowest BCUT2D eigenvalue weighted by Gasteiger charge is -2.26. The highest BCUT2D eigenvalue weighted by Crippen LogP contribution is 2.39. The van der Waals surface area contributed by atoms with Crippen molar-refractivity contribution in [2.75, 3.05) is 57.2 Å². The number of fused-ring (bicyclic) bond motifs is 1. The standard InChI is InChI=1S/C30H33ClN6O4.C3H8/c1-4-28(38)33-24-16-23(26(39-3)17-27(24)41-13-7-10-37-11-14-40-15-12-37)34-30-32-18-22(31)29(35-30)21-19-36(2)25-9-6-5-8-20(21)25;1-3-2/h4-6,8-9,16-19H,1,7,10-15H2,2-3H3,(H,33,38)(H,32,34,35);3H2,1-2H3. The lowest BCUT2D eigenvalue weighted by atomic mass is 10.1. The van der Waals surface area contributed by atoms with E-state index in [4.69, 9.17) is 30.8 Å². The Morgan fingerprint density at radius 3 is 2.64 bits per heavy atom. The largest absolute Gasteiger partial charge is 0.494 e. The summed E-state index contributed by atoms with van der Waals surface area (Å²) in [6.45, 7) is 12.5. The highest BCUT2D eigenvalue weighted by molar-refractivity contribution is 6.33. The third-order valence-corrected chi connectivity index (χ3v) is 7.14. The van der Waals surface area contributed by atoms with Gasteiger partial charge in [-0.1, -0.05) is 56.6 Å². The van der Waals surface area contributed by atoms with Crippen molar-refractivity contribution in [3.8, 4) is 22.8 Å². The topological polar surface area (TPSA) is 103 Å². The summed E-state index contributed by atoms with van der Waals surface area (Å²) < 4.78 is 19.2. The van der Waals surface area contributed by atoms with Crippen LogP contribution in [0.5, 0.6) is 11.5 Å². The number of rotatable bonds is 11. The molecule has 10 nitrogen and oxygen atoms in total. The van der Waals surface area contributed by atoms with Gasteiger partial charge in [0.05, 0.1) is 55.2 Å². The fourth-order valence-corrected chi connectivity index (χ4v) is 4.98. The fourth-order valence-electron chi connectivity index (χ4n) is 4.79. The Balaban J connectivity index is 0.00000141. The van der Waals surface area contributed by atoms with Crippen molar-refractivity contribution in [1.29, 1.82) is 0 Å². The number of nitrogens with one attached hydrogen (secondary N) is 2. The summed E-state index contributed by atoms with van der Waals surface area (Å²) in [5, 5.41) is 7.51. The summed E-state index contributed by atoms with van der Waals surface area (Å²) in [6.07, 6.45) is 6.84. The minimum atomic E-state index is -0.361. The molecule has 0 atom stereocenters. The zero-order valence-corrected chi connectivity index (χ0v) is 26.6. The first-order valence-corrected chi connectivity index (χ1v) is 15.2. The van der Waals surface area contributed by atoms with Crippen LogP contribution in [-0.4, -0.2) is 71.9 Å². The fraction of sp³-hybridized carbons (Fsp3) is 0.364. The average molecular weight is 621 g/mol. The summed E-state index contributed by atoms with van der Waals surface area (Å²) in [6, 6.07) is 11.5. The molecule has 1 aliphatic heterocycles. The van der Waals surface area contributed by atoms with Gasteiger partial charge in [0, 0.05) is 55.4 Å². The normalized spacial score (nSPS) is 13.1. The molecule has 3 heterocycles. The van der Waals surface area contributed by atoms with Crippen molar-refractivity contribution in [3.63, 3.8) is 0 Å². The first kappa shape index (κ1) is 32.8. The van der Waals surface area contributed by atoms with E-state index < -0.39 is 0 Å². The summed E-state index contributed by atoms with van der Waals surface area (Å²) in [4.78, 5) is 23.7. The number of halogens is 1. The van der Waals surface area contributed by atoms with Gasteiger partial charge in [0.1, 0.15) is 11.5 Å². The number of carbonyl (C=O) groups excluding carboxylic acids is 1. The Morgan fingerprint density at radius 2 is 1.91 bits per heavy atom. The first-order chi connectivity index (χ1) is 21.4. The van der Waals surface area contributed by atoms with Crippen LogP contribution in [0.4, 0.5) is 17.3 Å². The Kier molecular flexibility index (Phi) is 12.0. The number of nitrogens with zero attached hydrogens (tertiary/aromatic N) is 4. The van der Waals surface area contributed by atoms with Crippen molar-refractivity contribution < 1.29 is 19.0 Å². The zero-order valence-electron chi connectivity index (χ0n) is 25.9. The third kappa shape index (κ3) is 8.28. The maximum atomic E-state index is 12.2. The number of benzene rings is 2. The molecule has 1 saturated heterocycles. The second-order valence-electron chi connectivity index (χ2n) is 10.3. The van der Waals surface area contributed by atoms with E-state index in [2.05, 4.69) is 40.9 Å². The van der Waals surface area contributed by atoms with Crippen LogP contribution in [0.25, 0.3) is 22.2 Å². The molecule has 2 aromatic heterocycles. The molecule has 1 amide bonds.